The van der Waals surface area contributed by atoms with Crippen LogP contribution in [0.4, 0.5) is 0 Å². The summed E-state index contributed by atoms with van der Waals surface area (Å²) in [6.07, 6.45) is 3.97. The van der Waals surface area contributed by atoms with Gasteiger partial charge in [-0.2, -0.15) is 5.26 Å². The maximum atomic E-state index is 9.13. The first kappa shape index (κ1) is 15.0. The number of unbranched alkanes of at least 4 members (excludes halogenated alkanes) is 2. The minimum Gasteiger partial charge on any atom is -0.301 e. The Kier molecular flexibility index (Phi) is 6.04. The maximum Gasteiger partial charge on any atom is 0.0995 e. The van der Waals surface area contributed by atoms with E-state index in [4.69, 9.17) is 5.26 Å². The summed E-state index contributed by atoms with van der Waals surface area (Å²) in [4.78, 5) is 5.04. The molecule has 0 bridgehead atoms. The van der Waals surface area contributed by atoms with Gasteiger partial charge < -0.3 is 4.90 Å². The topological polar surface area (TPSA) is 30.3 Å². The van der Waals surface area contributed by atoms with Crippen LogP contribution in [0.5, 0.6) is 0 Å². The molecular formula is C17H25N3. The number of nitriles is 1. The molecule has 1 heterocycles. The first-order chi connectivity index (χ1) is 9.83. The van der Waals surface area contributed by atoms with Gasteiger partial charge in [0.2, 0.25) is 0 Å². The predicted octanol–water partition coefficient (Wildman–Crippen LogP) is 2.87. The SMILES string of the molecule is CCCCCN1CCN(Cc2ccccc2C#N)CC1. The molecule has 0 unspecified atom stereocenters. The fraction of sp³-hybridized carbons (Fsp3) is 0.588. The molecule has 0 atom stereocenters. The molecule has 0 spiro atoms. The van der Waals surface area contributed by atoms with Crippen LogP contribution in [0.15, 0.2) is 24.3 Å². The summed E-state index contributed by atoms with van der Waals surface area (Å²) in [6.45, 7) is 8.97. The molecule has 0 aromatic heterocycles. The lowest BCUT2D eigenvalue weighted by atomic mass is 10.1. The van der Waals surface area contributed by atoms with Gasteiger partial charge in [-0.1, -0.05) is 38.0 Å². The van der Waals surface area contributed by atoms with Crippen LogP contribution in [0.3, 0.4) is 0 Å². The van der Waals surface area contributed by atoms with Gasteiger partial charge in [-0.3, -0.25) is 4.90 Å². The molecule has 0 radical (unpaired) electrons. The molecule has 1 aromatic rings. The highest BCUT2D eigenvalue weighted by atomic mass is 15.3. The fourth-order valence-electron chi connectivity index (χ4n) is 2.76. The van der Waals surface area contributed by atoms with Crippen LogP contribution < -0.4 is 0 Å². The van der Waals surface area contributed by atoms with E-state index in [-0.39, 0.29) is 0 Å². The van der Waals surface area contributed by atoms with E-state index in [9.17, 15) is 0 Å². The van der Waals surface area contributed by atoms with Crippen LogP contribution in [-0.4, -0.2) is 42.5 Å². The van der Waals surface area contributed by atoms with Crippen molar-refractivity contribution in [2.24, 2.45) is 0 Å². The summed E-state index contributed by atoms with van der Waals surface area (Å²) >= 11 is 0. The van der Waals surface area contributed by atoms with Crippen molar-refractivity contribution >= 4 is 0 Å². The van der Waals surface area contributed by atoms with Crippen molar-refractivity contribution in [3.63, 3.8) is 0 Å². The van der Waals surface area contributed by atoms with Crippen molar-refractivity contribution in [1.29, 1.82) is 5.26 Å². The van der Waals surface area contributed by atoms with E-state index in [0.717, 1.165) is 30.8 Å². The molecule has 1 fully saturated rings. The van der Waals surface area contributed by atoms with Crippen LogP contribution in [0.1, 0.15) is 37.3 Å². The van der Waals surface area contributed by atoms with Crippen LogP contribution in [0.25, 0.3) is 0 Å². The zero-order valence-corrected chi connectivity index (χ0v) is 12.5. The Morgan fingerprint density at radius 3 is 2.45 bits per heavy atom. The summed E-state index contributed by atoms with van der Waals surface area (Å²) in [6, 6.07) is 10.2. The van der Waals surface area contributed by atoms with Crippen molar-refractivity contribution in [2.45, 2.75) is 32.7 Å². The van der Waals surface area contributed by atoms with E-state index < -0.39 is 0 Å². The van der Waals surface area contributed by atoms with Gasteiger partial charge in [-0.05, 0) is 24.6 Å². The Morgan fingerprint density at radius 1 is 1.05 bits per heavy atom. The third-order valence-electron chi connectivity index (χ3n) is 4.07. The van der Waals surface area contributed by atoms with E-state index in [2.05, 4.69) is 28.9 Å². The molecule has 0 amide bonds. The van der Waals surface area contributed by atoms with Gasteiger partial charge in [0.1, 0.15) is 0 Å². The number of piperazine rings is 1. The smallest absolute Gasteiger partial charge is 0.0995 e. The number of hydrogen-bond acceptors (Lipinski definition) is 3. The van der Waals surface area contributed by atoms with Crippen LogP contribution in [0.2, 0.25) is 0 Å². The molecule has 3 heteroatoms. The second-order valence-corrected chi connectivity index (χ2v) is 5.59. The highest BCUT2D eigenvalue weighted by Gasteiger charge is 2.17. The van der Waals surface area contributed by atoms with Gasteiger partial charge in [0.15, 0.2) is 0 Å². The largest absolute Gasteiger partial charge is 0.301 e. The highest BCUT2D eigenvalue weighted by molar-refractivity contribution is 5.37. The average molecular weight is 271 g/mol. The van der Waals surface area contributed by atoms with Crippen molar-refractivity contribution in [1.82, 2.24) is 9.80 Å². The summed E-state index contributed by atoms with van der Waals surface area (Å²) < 4.78 is 0. The molecule has 0 saturated carbocycles. The van der Waals surface area contributed by atoms with Crippen LogP contribution in [-0.2, 0) is 6.54 Å². The quantitative estimate of drug-likeness (QED) is 0.745. The lowest BCUT2D eigenvalue weighted by molar-refractivity contribution is 0.125. The first-order valence-electron chi connectivity index (χ1n) is 7.76. The lowest BCUT2D eigenvalue weighted by Crippen LogP contribution is -2.46. The molecule has 3 nitrogen and oxygen atoms in total. The highest BCUT2D eigenvalue weighted by Crippen LogP contribution is 2.13. The number of benzene rings is 1. The van der Waals surface area contributed by atoms with E-state index >= 15 is 0 Å². The lowest BCUT2D eigenvalue weighted by Gasteiger charge is -2.34. The van der Waals surface area contributed by atoms with Crippen LogP contribution in [0, 0.1) is 11.3 Å². The number of nitrogens with zero attached hydrogens (tertiary/aromatic N) is 3. The Hall–Kier alpha value is -1.37. The van der Waals surface area contributed by atoms with E-state index in [0.29, 0.717) is 0 Å². The molecule has 108 valence electrons. The third kappa shape index (κ3) is 4.33. The normalized spacial score (nSPS) is 17.0. The Bertz CT molecular complexity index is 442. The van der Waals surface area contributed by atoms with Gasteiger partial charge in [-0.25, -0.2) is 0 Å². The van der Waals surface area contributed by atoms with Crippen molar-refractivity contribution in [2.75, 3.05) is 32.7 Å². The molecule has 0 N–H and O–H groups in total. The van der Waals surface area contributed by atoms with Gasteiger partial charge >= 0.3 is 0 Å². The second-order valence-electron chi connectivity index (χ2n) is 5.59. The molecule has 2 rings (SSSR count). The van der Waals surface area contributed by atoms with Crippen molar-refractivity contribution in [3.8, 4) is 6.07 Å². The Morgan fingerprint density at radius 2 is 1.75 bits per heavy atom. The Labute approximate surface area is 122 Å². The molecule has 1 saturated heterocycles. The second kappa shape index (κ2) is 8.04. The molecule has 1 aliphatic heterocycles. The van der Waals surface area contributed by atoms with Gasteiger partial charge in [-0.15, -0.1) is 0 Å². The summed E-state index contributed by atoms with van der Waals surface area (Å²) in [5.74, 6) is 0. The van der Waals surface area contributed by atoms with Gasteiger partial charge in [0.25, 0.3) is 0 Å². The van der Waals surface area contributed by atoms with Gasteiger partial charge in [0.05, 0.1) is 11.6 Å². The molecular weight excluding hydrogens is 246 g/mol. The number of hydrogen-bond donors (Lipinski definition) is 0. The molecule has 1 aliphatic rings. The zero-order valence-electron chi connectivity index (χ0n) is 12.5. The maximum absolute atomic E-state index is 9.13. The summed E-state index contributed by atoms with van der Waals surface area (Å²) in [5, 5.41) is 9.13. The monoisotopic (exact) mass is 271 g/mol. The van der Waals surface area contributed by atoms with E-state index in [1.807, 2.05) is 18.2 Å². The fourth-order valence-corrected chi connectivity index (χ4v) is 2.76. The summed E-state index contributed by atoms with van der Waals surface area (Å²) in [5.41, 5.74) is 1.98. The van der Waals surface area contributed by atoms with E-state index in [1.165, 1.54) is 38.9 Å². The zero-order chi connectivity index (χ0) is 14.2. The molecule has 20 heavy (non-hydrogen) atoms. The van der Waals surface area contributed by atoms with Crippen molar-refractivity contribution < 1.29 is 0 Å². The third-order valence-corrected chi connectivity index (χ3v) is 4.07. The van der Waals surface area contributed by atoms with Crippen molar-refractivity contribution in [3.05, 3.63) is 35.4 Å². The average Bonchev–Trinajstić information content (AvgIpc) is 2.50. The minimum atomic E-state index is 0.817. The van der Waals surface area contributed by atoms with Gasteiger partial charge in [0, 0.05) is 32.7 Å². The number of rotatable bonds is 6. The summed E-state index contributed by atoms with van der Waals surface area (Å²) in [7, 11) is 0. The van der Waals surface area contributed by atoms with E-state index in [1.54, 1.807) is 0 Å². The minimum absolute atomic E-state index is 0.817. The molecule has 1 aromatic carbocycles. The van der Waals surface area contributed by atoms with Crippen LogP contribution >= 0.6 is 0 Å². The first-order valence-corrected chi connectivity index (χ1v) is 7.76. The Balaban J connectivity index is 1.78. The predicted molar refractivity (Wildman–Crippen MR) is 82.4 cm³/mol. The molecule has 0 aliphatic carbocycles. The standard InChI is InChI=1S/C17H25N3/c1-2-3-6-9-19-10-12-20(13-11-19)15-17-8-5-4-7-16(17)14-18/h4-5,7-8H,2-3,6,9-13,15H2,1H3.